The van der Waals surface area contributed by atoms with E-state index in [0.29, 0.717) is 5.69 Å². The summed E-state index contributed by atoms with van der Waals surface area (Å²) in [4.78, 5) is 13.2. The number of nitro groups is 1. The Morgan fingerprint density at radius 3 is 2.89 bits per heavy atom. The van der Waals surface area contributed by atoms with E-state index in [0.717, 1.165) is 11.4 Å². The summed E-state index contributed by atoms with van der Waals surface area (Å²) < 4.78 is 0. The third-order valence-electron chi connectivity index (χ3n) is 2.40. The summed E-state index contributed by atoms with van der Waals surface area (Å²) in [7, 11) is 0. The van der Waals surface area contributed by atoms with Gasteiger partial charge in [-0.25, -0.2) is 0 Å². The largest absolute Gasteiger partial charge is 0.360 e. The molecule has 1 heterocycles. The Morgan fingerprint density at radius 2 is 2.22 bits per heavy atom. The molecule has 6 heteroatoms. The summed E-state index contributed by atoms with van der Waals surface area (Å²) in [6, 6.07) is 9.98. The van der Waals surface area contributed by atoms with Gasteiger partial charge in [-0.1, -0.05) is 6.07 Å². The number of nitrogens with one attached hydrogen (secondary N) is 2. The van der Waals surface area contributed by atoms with E-state index >= 15 is 0 Å². The molecule has 1 aromatic carbocycles. The number of non-ortho nitro benzene ring substituents is 1. The zero-order valence-corrected chi connectivity index (χ0v) is 9.75. The number of nitro benzene ring substituents is 1. The quantitative estimate of drug-likeness (QED) is 0.492. The maximum Gasteiger partial charge on any atom is 0.271 e. The number of hydrogen-bond donors (Lipinski definition) is 2. The van der Waals surface area contributed by atoms with Crippen LogP contribution in [0, 0.1) is 10.1 Å². The summed E-state index contributed by atoms with van der Waals surface area (Å²) in [6.45, 7) is 1.84. The second-order valence-corrected chi connectivity index (χ2v) is 3.70. The number of hydrogen-bond acceptors (Lipinski definition) is 4. The van der Waals surface area contributed by atoms with Crippen LogP contribution in [-0.4, -0.2) is 15.6 Å². The van der Waals surface area contributed by atoms with Crippen molar-refractivity contribution in [2.24, 2.45) is 5.10 Å². The molecule has 0 aliphatic rings. The van der Waals surface area contributed by atoms with Crippen LogP contribution in [0.15, 0.2) is 47.7 Å². The molecule has 6 nitrogen and oxygen atoms in total. The predicted octanol–water partition coefficient (Wildman–Crippen LogP) is 2.76. The minimum absolute atomic E-state index is 0.0349. The normalized spacial score (nSPS) is 11.3. The fraction of sp³-hybridized carbons (Fsp3) is 0.0833. The fourth-order valence-electron chi connectivity index (χ4n) is 1.45. The average molecular weight is 244 g/mol. The Kier molecular flexibility index (Phi) is 3.38. The van der Waals surface area contributed by atoms with Gasteiger partial charge in [0, 0.05) is 18.3 Å². The molecule has 2 aromatic rings. The van der Waals surface area contributed by atoms with Gasteiger partial charge in [-0.05, 0) is 25.1 Å². The molecule has 0 atom stereocenters. The van der Waals surface area contributed by atoms with Gasteiger partial charge >= 0.3 is 0 Å². The first-order chi connectivity index (χ1) is 8.66. The van der Waals surface area contributed by atoms with Gasteiger partial charge < -0.3 is 4.98 Å². The van der Waals surface area contributed by atoms with Gasteiger partial charge in [0.1, 0.15) is 0 Å². The summed E-state index contributed by atoms with van der Waals surface area (Å²) in [5.41, 5.74) is 5.07. The topological polar surface area (TPSA) is 83.3 Å². The highest BCUT2D eigenvalue weighted by Crippen LogP contribution is 2.17. The van der Waals surface area contributed by atoms with Crippen LogP contribution >= 0.6 is 0 Å². The van der Waals surface area contributed by atoms with Crippen LogP contribution in [0.25, 0.3) is 0 Å². The molecular weight excluding hydrogens is 232 g/mol. The van der Waals surface area contributed by atoms with Crippen molar-refractivity contribution >= 4 is 17.1 Å². The Bertz CT molecular complexity index is 576. The summed E-state index contributed by atoms with van der Waals surface area (Å²) >= 11 is 0. The first kappa shape index (κ1) is 11.8. The van der Waals surface area contributed by atoms with E-state index in [4.69, 9.17) is 0 Å². The average Bonchev–Trinajstić information content (AvgIpc) is 2.90. The fourth-order valence-corrected chi connectivity index (χ4v) is 1.45. The van der Waals surface area contributed by atoms with Crippen molar-refractivity contribution < 1.29 is 4.92 Å². The number of H-pyrrole nitrogens is 1. The smallest absolute Gasteiger partial charge is 0.271 e. The molecule has 0 saturated heterocycles. The molecule has 0 amide bonds. The van der Waals surface area contributed by atoms with Crippen LogP contribution in [0.4, 0.5) is 11.4 Å². The molecule has 92 valence electrons. The molecule has 0 aliphatic heterocycles. The van der Waals surface area contributed by atoms with Crippen LogP contribution in [0.5, 0.6) is 0 Å². The van der Waals surface area contributed by atoms with E-state index in [1.807, 2.05) is 25.3 Å². The van der Waals surface area contributed by atoms with E-state index in [1.165, 1.54) is 12.1 Å². The lowest BCUT2D eigenvalue weighted by atomic mass is 10.3. The van der Waals surface area contributed by atoms with Gasteiger partial charge in [-0.3, -0.25) is 15.5 Å². The summed E-state index contributed by atoms with van der Waals surface area (Å²) in [5.74, 6) is 0. The summed E-state index contributed by atoms with van der Waals surface area (Å²) in [5, 5.41) is 14.8. The van der Waals surface area contributed by atoms with Crippen molar-refractivity contribution in [3.8, 4) is 0 Å². The highest BCUT2D eigenvalue weighted by Gasteiger charge is 2.05. The second kappa shape index (κ2) is 5.13. The zero-order chi connectivity index (χ0) is 13.0. The number of benzene rings is 1. The highest BCUT2D eigenvalue weighted by molar-refractivity contribution is 5.97. The number of hydrazone groups is 1. The lowest BCUT2D eigenvalue weighted by Crippen LogP contribution is -2.00. The van der Waals surface area contributed by atoms with Crippen molar-refractivity contribution in [2.45, 2.75) is 6.92 Å². The standard InChI is InChI=1S/C12H12N4O2/c1-9(12-6-3-7-13-12)14-15-10-4-2-5-11(8-10)16(17)18/h2-8,13,15H,1H3/b14-9+. The lowest BCUT2D eigenvalue weighted by Gasteiger charge is -2.02. The molecule has 1 aromatic heterocycles. The zero-order valence-electron chi connectivity index (χ0n) is 9.75. The van der Waals surface area contributed by atoms with Gasteiger partial charge in [0.05, 0.1) is 22.0 Å². The molecule has 2 N–H and O–H groups in total. The Hall–Kier alpha value is -2.63. The Morgan fingerprint density at radius 1 is 1.39 bits per heavy atom. The molecule has 0 radical (unpaired) electrons. The van der Waals surface area contributed by atoms with Gasteiger partial charge in [0.25, 0.3) is 5.69 Å². The number of anilines is 1. The second-order valence-electron chi connectivity index (χ2n) is 3.70. The molecule has 0 fully saturated rings. The van der Waals surface area contributed by atoms with Crippen molar-refractivity contribution in [1.29, 1.82) is 0 Å². The molecule has 2 rings (SSSR count). The molecular formula is C12H12N4O2. The van der Waals surface area contributed by atoms with E-state index in [2.05, 4.69) is 15.5 Å². The molecule has 0 unspecified atom stereocenters. The molecule has 0 aliphatic carbocycles. The Labute approximate surface area is 103 Å². The molecule has 18 heavy (non-hydrogen) atoms. The van der Waals surface area contributed by atoms with E-state index in [-0.39, 0.29) is 5.69 Å². The molecule has 0 spiro atoms. The SMILES string of the molecule is C/C(=N\Nc1cccc([N+](=O)[O-])c1)c1ccc[nH]1. The van der Waals surface area contributed by atoms with Crippen molar-refractivity contribution in [1.82, 2.24) is 4.98 Å². The van der Waals surface area contributed by atoms with Crippen LogP contribution in [-0.2, 0) is 0 Å². The van der Waals surface area contributed by atoms with E-state index in [9.17, 15) is 10.1 Å². The predicted molar refractivity (Wildman–Crippen MR) is 69.7 cm³/mol. The van der Waals surface area contributed by atoms with E-state index < -0.39 is 4.92 Å². The van der Waals surface area contributed by atoms with E-state index in [1.54, 1.807) is 12.1 Å². The lowest BCUT2D eigenvalue weighted by molar-refractivity contribution is -0.384. The van der Waals surface area contributed by atoms with Gasteiger partial charge in [-0.15, -0.1) is 0 Å². The molecule has 0 saturated carbocycles. The first-order valence-corrected chi connectivity index (χ1v) is 5.35. The number of nitrogens with zero attached hydrogens (tertiary/aromatic N) is 2. The van der Waals surface area contributed by atoms with Crippen LogP contribution in [0.3, 0.4) is 0 Å². The number of aromatic nitrogens is 1. The monoisotopic (exact) mass is 244 g/mol. The van der Waals surface area contributed by atoms with Crippen LogP contribution in [0.2, 0.25) is 0 Å². The minimum atomic E-state index is -0.438. The number of aromatic amines is 1. The number of rotatable bonds is 4. The van der Waals surface area contributed by atoms with Crippen molar-refractivity contribution in [2.75, 3.05) is 5.43 Å². The third kappa shape index (κ3) is 2.73. The first-order valence-electron chi connectivity index (χ1n) is 5.35. The van der Waals surface area contributed by atoms with Gasteiger partial charge in [0.2, 0.25) is 0 Å². The molecule has 0 bridgehead atoms. The Balaban J connectivity index is 2.13. The maximum absolute atomic E-state index is 10.6. The van der Waals surface area contributed by atoms with Gasteiger partial charge in [0.15, 0.2) is 0 Å². The van der Waals surface area contributed by atoms with Crippen molar-refractivity contribution in [3.63, 3.8) is 0 Å². The summed E-state index contributed by atoms with van der Waals surface area (Å²) in [6.07, 6.45) is 1.81. The van der Waals surface area contributed by atoms with Crippen LogP contribution in [0.1, 0.15) is 12.6 Å². The van der Waals surface area contributed by atoms with Crippen LogP contribution < -0.4 is 5.43 Å². The van der Waals surface area contributed by atoms with Gasteiger partial charge in [-0.2, -0.15) is 5.10 Å². The third-order valence-corrected chi connectivity index (χ3v) is 2.40. The minimum Gasteiger partial charge on any atom is -0.360 e. The highest BCUT2D eigenvalue weighted by atomic mass is 16.6. The van der Waals surface area contributed by atoms with Crippen molar-refractivity contribution in [3.05, 3.63) is 58.4 Å². The maximum atomic E-state index is 10.6.